The van der Waals surface area contributed by atoms with Crippen LogP contribution in [-0.2, 0) is 0 Å². The fourth-order valence-electron chi connectivity index (χ4n) is 2.96. The molecule has 9 nitrogen and oxygen atoms in total. The van der Waals surface area contributed by atoms with Crippen molar-refractivity contribution in [2.75, 3.05) is 34.2 Å². The molecule has 0 amide bonds. The Hall–Kier alpha value is -3.75. The van der Waals surface area contributed by atoms with Crippen LogP contribution in [0.5, 0.6) is 34.5 Å². The first-order chi connectivity index (χ1) is 13.4. The maximum atomic E-state index is 13.0. The minimum absolute atomic E-state index is 0.0554. The maximum absolute atomic E-state index is 13.0. The zero-order valence-corrected chi connectivity index (χ0v) is 15.7. The minimum atomic E-state index is -0.708. The number of rotatable bonds is 5. The van der Waals surface area contributed by atoms with Crippen molar-refractivity contribution in [3.8, 4) is 45.8 Å². The van der Waals surface area contributed by atoms with Crippen LogP contribution in [0.1, 0.15) is 0 Å². The van der Waals surface area contributed by atoms with Gasteiger partial charge in [-0.3, -0.25) is 4.79 Å². The van der Waals surface area contributed by atoms with Crippen molar-refractivity contribution in [1.82, 2.24) is 0 Å². The van der Waals surface area contributed by atoms with Crippen LogP contribution in [0, 0.1) is 0 Å². The Bertz CT molecular complexity index is 1120. The molecule has 0 fully saturated rings. The van der Waals surface area contributed by atoms with E-state index in [0.717, 1.165) is 0 Å². The average Bonchev–Trinajstić information content (AvgIpc) is 2.69. The van der Waals surface area contributed by atoms with Gasteiger partial charge >= 0.3 is 0 Å². The number of fused-ring (bicyclic) bond motifs is 1. The van der Waals surface area contributed by atoms with Crippen LogP contribution in [0.4, 0.5) is 5.69 Å². The molecule has 1 aromatic heterocycles. The molecule has 0 saturated carbocycles. The number of hydrogen-bond acceptors (Lipinski definition) is 9. The molecule has 28 heavy (non-hydrogen) atoms. The molecule has 0 atom stereocenters. The number of aromatic hydroxyl groups is 2. The lowest BCUT2D eigenvalue weighted by Crippen LogP contribution is -2.09. The van der Waals surface area contributed by atoms with E-state index < -0.39 is 16.9 Å². The summed E-state index contributed by atoms with van der Waals surface area (Å²) in [5.74, 6) is -1.27. The predicted octanol–water partition coefficient (Wildman–Crippen LogP) is 2.49. The van der Waals surface area contributed by atoms with E-state index in [4.69, 9.17) is 29.1 Å². The van der Waals surface area contributed by atoms with E-state index in [2.05, 4.69) is 0 Å². The zero-order valence-electron chi connectivity index (χ0n) is 15.7. The monoisotopic (exact) mass is 389 g/mol. The minimum Gasteiger partial charge on any atom is -0.504 e. The van der Waals surface area contributed by atoms with Crippen molar-refractivity contribution in [3.05, 3.63) is 28.4 Å². The van der Waals surface area contributed by atoms with Gasteiger partial charge in [-0.1, -0.05) is 0 Å². The highest BCUT2D eigenvalue weighted by atomic mass is 16.5. The summed E-state index contributed by atoms with van der Waals surface area (Å²) in [4.78, 5) is 13.0. The van der Waals surface area contributed by atoms with Crippen molar-refractivity contribution in [3.63, 3.8) is 0 Å². The van der Waals surface area contributed by atoms with Crippen LogP contribution < -0.4 is 30.1 Å². The standard InChI is InChI=1S/C19H19NO8/c1-24-10-6-5-8(7-9(10)20)15-17(25-2)13(22)11-12(21)14(23)18(26-3)19(27-4)16(11)28-15/h5-7,21,23H,20H2,1-4H3. The smallest absolute Gasteiger partial charge is 0.239 e. The van der Waals surface area contributed by atoms with Crippen molar-refractivity contribution in [1.29, 1.82) is 0 Å². The summed E-state index contributed by atoms with van der Waals surface area (Å²) >= 11 is 0. The van der Waals surface area contributed by atoms with Gasteiger partial charge in [0.1, 0.15) is 11.1 Å². The third-order valence-corrected chi connectivity index (χ3v) is 4.26. The number of anilines is 1. The second-order valence-electron chi connectivity index (χ2n) is 5.72. The fraction of sp³-hybridized carbons (Fsp3) is 0.211. The van der Waals surface area contributed by atoms with Crippen molar-refractivity contribution in [2.45, 2.75) is 0 Å². The Kier molecular flexibility index (Phi) is 4.83. The third kappa shape index (κ3) is 2.68. The summed E-state index contributed by atoms with van der Waals surface area (Å²) in [6, 6.07) is 4.79. The van der Waals surface area contributed by atoms with Crippen LogP contribution in [0.2, 0.25) is 0 Å². The van der Waals surface area contributed by atoms with Gasteiger partial charge in [-0.2, -0.15) is 0 Å². The van der Waals surface area contributed by atoms with E-state index >= 15 is 0 Å². The maximum Gasteiger partial charge on any atom is 0.239 e. The van der Waals surface area contributed by atoms with E-state index in [0.29, 0.717) is 17.0 Å². The van der Waals surface area contributed by atoms with Crippen LogP contribution in [0.25, 0.3) is 22.3 Å². The number of nitrogens with two attached hydrogens (primary N) is 1. The number of hydrogen-bond donors (Lipinski definition) is 3. The average molecular weight is 389 g/mol. The van der Waals surface area contributed by atoms with Crippen LogP contribution in [0.3, 0.4) is 0 Å². The van der Waals surface area contributed by atoms with Gasteiger partial charge in [-0.25, -0.2) is 0 Å². The topological polar surface area (TPSA) is 134 Å². The van der Waals surface area contributed by atoms with Gasteiger partial charge in [-0.15, -0.1) is 0 Å². The van der Waals surface area contributed by atoms with Crippen molar-refractivity contribution >= 4 is 16.7 Å². The number of benzene rings is 2. The van der Waals surface area contributed by atoms with Gasteiger partial charge in [0.2, 0.25) is 28.4 Å². The van der Waals surface area contributed by atoms with Gasteiger partial charge in [0, 0.05) is 5.56 Å². The summed E-state index contributed by atoms with van der Waals surface area (Å²) < 4.78 is 26.6. The molecule has 0 aliphatic rings. The number of methoxy groups -OCH3 is 4. The first-order valence-corrected chi connectivity index (χ1v) is 8.04. The molecule has 3 aromatic rings. The Labute approximate surface area is 159 Å². The highest BCUT2D eigenvalue weighted by Crippen LogP contribution is 2.50. The predicted molar refractivity (Wildman–Crippen MR) is 102 cm³/mol. The highest BCUT2D eigenvalue weighted by Gasteiger charge is 2.28. The Morgan fingerprint density at radius 2 is 1.54 bits per heavy atom. The number of phenolic OH excluding ortho intramolecular Hbond substituents is 2. The quantitative estimate of drug-likeness (QED) is 0.444. The number of ether oxygens (including phenoxy) is 4. The summed E-state index contributed by atoms with van der Waals surface area (Å²) in [5, 5.41) is 20.2. The molecule has 9 heteroatoms. The van der Waals surface area contributed by atoms with E-state index in [1.807, 2.05) is 0 Å². The Morgan fingerprint density at radius 1 is 0.893 bits per heavy atom. The van der Waals surface area contributed by atoms with E-state index in [-0.39, 0.29) is 34.0 Å². The molecule has 148 valence electrons. The largest absolute Gasteiger partial charge is 0.504 e. The van der Waals surface area contributed by atoms with E-state index in [1.54, 1.807) is 18.2 Å². The summed E-state index contributed by atoms with van der Waals surface area (Å²) in [5.41, 5.74) is 5.88. The molecule has 0 spiro atoms. The molecule has 3 rings (SSSR count). The molecule has 0 bridgehead atoms. The summed E-state index contributed by atoms with van der Waals surface area (Å²) in [6.45, 7) is 0. The Morgan fingerprint density at radius 3 is 2.07 bits per heavy atom. The molecule has 1 heterocycles. The highest BCUT2D eigenvalue weighted by molar-refractivity contribution is 5.96. The van der Waals surface area contributed by atoms with Gasteiger partial charge in [0.25, 0.3) is 0 Å². The lowest BCUT2D eigenvalue weighted by atomic mass is 10.1. The first-order valence-electron chi connectivity index (χ1n) is 8.04. The molecule has 0 unspecified atom stereocenters. The van der Waals surface area contributed by atoms with Gasteiger partial charge < -0.3 is 39.3 Å². The number of phenols is 2. The normalized spacial score (nSPS) is 10.7. The summed E-state index contributed by atoms with van der Waals surface area (Å²) in [7, 11) is 5.35. The van der Waals surface area contributed by atoms with Gasteiger partial charge in [0.05, 0.1) is 34.1 Å². The molecular weight excluding hydrogens is 370 g/mol. The van der Waals surface area contributed by atoms with Crippen LogP contribution >= 0.6 is 0 Å². The van der Waals surface area contributed by atoms with E-state index in [1.165, 1.54) is 28.4 Å². The van der Waals surface area contributed by atoms with Crippen LogP contribution in [0.15, 0.2) is 27.4 Å². The van der Waals surface area contributed by atoms with Crippen molar-refractivity contribution < 1.29 is 33.6 Å². The lowest BCUT2D eigenvalue weighted by Gasteiger charge is -2.16. The molecule has 0 aliphatic carbocycles. The zero-order chi connectivity index (χ0) is 20.6. The second-order valence-corrected chi connectivity index (χ2v) is 5.72. The first kappa shape index (κ1) is 19.0. The fourth-order valence-corrected chi connectivity index (χ4v) is 2.96. The molecule has 4 N–H and O–H groups in total. The lowest BCUT2D eigenvalue weighted by molar-refractivity contribution is 0.320. The molecule has 0 aliphatic heterocycles. The third-order valence-electron chi connectivity index (χ3n) is 4.26. The van der Waals surface area contributed by atoms with Gasteiger partial charge in [-0.05, 0) is 18.2 Å². The molecule has 0 radical (unpaired) electrons. The second kappa shape index (κ2) is 7.10. The number of nitrogen functional groups attached to an aromatic ring is 1. The molecular formula is C19H19NO8. The Balaban J connectivity index is 2.47. The van der Waals surface area contributed by atoms with Gasteiger partial charge in [0.15, 0.2) is 17.1 Å². The van der Waals surface area contributed by atoms with Crippen molar-refractivity contribution in [2.24, 2.45) is 0 Å². The van der Waals surface area contributed by atoms with Crippen LogP contribution in [-0.4, -0.2) is 38.7 Å². The SMILES string of the molecule is COc1ccc(-c2oc3c(OC)c(OC)c(O)c(O)c3c(=O)c2OC)cc1N. The van der Waals surface area contributed by atoms with E-state index in [9.17, 15) is 15.0 Å². The molecule has 2 aromatic carbocycles. The molecule has 0 saturated heterocycles. The summed E-state index contributed by atoms with van der Waals surface area (Å²) in [6.07, 6.45) is 0.